The van der Waals surface area contributed by atoms with Crippen molar-refractivity contribution in [3.63, 3.8) is 0 Å². The van der Waals surface area contributed by atoms with E-state index in [0.717, 1.165) is 32.5 Å². The Bertz CT molecular complexity index is 805. The molecule has 0 radical (unpaired) electrons. The molecule has 2 nitrogen and oxygen atoms in total. The van der Waals surface area contributed by atoms with Crippen LogP contribution in [0.25, 0.3) is 20.5 Å². The van der Waals surface area contributed by atoms with Gasteiger partial charge in [-0.15, -0.1) is 11.3 Å². The van der Waals surface area contributed by atoms with Crippen LogP contribution < -0.4 is 5.32 Å². The fraction of sp³-hybridized carbons (Fsp3) is 0.211. The van der Waals surface area contributed by atoms with Gasteiger partial charge in [-0.25, -0.2) is 0 Å². The molecule has 0 fully saturated rings. The zero-order chi connectivity index (χ0) is 15.5. The van der Waals surface area contributed by atoms with Crippen LogP contribution in [0.4, 0.5) is 0 Å². The van der Waals surface area contributed by atoms with Crippen molar-refractivity contribution in [1.82, 2.24) is 5.32 Å². The lowest BCUT2D eigenvalue weighted by molar-refractivity contribution is 0.0956. The lowest BCUT2D eigenvalue weighted by Gasteiger charge is -2.06. The van der Waals surface area contributed by atoms with Gasteiger partial charge in [0.05, 0.1) is 5.56 Å². The Morgan fingerprint density at radius 2 is 1.91 bits per heavy atom. The first kappa shape index (κ1) is 14.8. The number of amides is 1. The monoisotopic (exact) mass is 309 g/mol. The summed E-state index contributed by atoms with van der Waals surface area (Å²) in [4.78, 5) is 13.7. The Labute approximate surface area is 134 Å². The first-order valence-corrected chi connectivity index (χ1v) is 8.39. The predicted octanol–water partition coefficient (Wildman–Crippen LogP) is 5.02. The normalized spacial score (nSPS) is 10.8. The minimum absolute atomic E-state index is 0.0255. The fourth-order valence-electron chi connectivity index (χ4n) is 2.56. The molecule has 112 valence electrons. The van der Waals surface area contributed by atoms with Gasteiger partial charge in [0.2, 0.25) is 0 Å². The van der Waals surface area contributed by atoms with Crippen LogP contribution >= 0.6 is 11.3 Å². The number of rotatable bonds is 4. The molecule has 0 unspecified atom stereocenters. The minimum atomic E-state index is 0.0255. The van der Waals surface area contributed by atoms with Crippen LogP contribution in [0.2, 0.25) is 0 Å². The van der Waals surface area contributed by atoms with Crippen molar-refractivity contribution in [2.24, 2.45) is 0 Å². The summed E-state index contributed by atoms with van der Waals surface area (Å²) >= 11 is 1.69. The van der Waals surface area contributed by atoms with Crippen LogP contribution in [0.5, 0.6) is 0 Å². The number of thiophene rings is 1. The highest BCUT2D eigenvalue weighted by atomic mass is 32.1. The zero-order valence-electron chi connectivity index (χ0n) is 12.8. The van der Waals surface area contributed by atoms with E-state index in [2.05, 4.69) is 49.5 Å². The van der Waals surface area contributed by atoms with Gasteiger partial charge < -0.3 is 5.32 Å². The molecule has 0 atom stereocenters. The SMILES string of the molecule is CCCNC(=O)c1c(-c2ccccc2)sc2ccc(C)cc12. The van der Waals surface area contributed by atoms with Gasteiger partial charge in [-0.3, -0.25) is 4.79 Å². The second-order valence-electron chi connectivity index (χ2n) is 5.43. The van der Waals surface area contributed by atoms with Gasteiger partial charge in [-0.2, -0.15) is 0 Å². The summed E-state index contributed by atoms with van der Waals surface area (Å²) in [6.07, 6.45) is 0.938. The molecule has 0 aliphatic rings. The van der Waals surface area contributed by atoms with Crippen molar-refractivity contribution in [1.29, 1.82) is 0 Å². The lowest BCUT2D eigenvalue weighted by atomic mass is 10.0. The van der Waals surface area contributed by atoms with Crippen molar-refractivity contribution >= 4 is 27.3 Å². The molecule has 2 aromatic carbocycles. The summed E-state index contributed by atoms with van der Waals surface area (Å²) < 4.78 is 1.16. The summed E-state index contributed by atoms with van der Waals surface area (Å²) in [6.45, 7) is 4.83. The van der Waals surface area contributed by atoms with Gasteiger partial charge in [0.15, 0.2) is 0 Å². The molecule has 0 bridgehead atoms. The fourth-order valence-corrected chi connectivity index (χ4v) is 3.74. The number of benzene rings is 2. The van der Waals surface area contributed by atoms with Crippen LogP contribution in [-0.2, 0) is 0 Å². The van der Waals surface area contributed by atoms with E-state index in [4.69, 9.17) is 0 Å². The molecule has 1 N–H and O–H groups in total. The Morgan fingerprint density at radius 3 is 2.64 bits per heavy atom. The molecule has 1 heterocycles. The van der Waals surface area contributed by atoms with Gasteiger partial charge >= 0.3 is 0 Å². The maximum absolute atomic E-state index is 12.7. The lowest BCUT2D eigenvalue weighted by Crippen LogP contribution is -2.24. The maximum atomic E-state index is 12.7. The highest BCUT2D eigenvalue weighted by molar-refractivity contribution is 7.22. The molecule has 3 heteroatoms. The van der Waals surface area contributed by atoms with Gasteiger partial charge in [0, 0.05) is 21.5 Å². The molecule has 22 heavy (non-hydrogen) atoms. The number of carbonyl (C=O) groups excluding carboxylic acids is 1. The summed E-state index contributed by atoms with van der Waals surface area (Å²) in [7, 11) is 0. The van der Waals surface area contributed by atoms with Crippen molar-refractivity contribution in [3.05, 3.63) is 59.7 Å². The molecule has 1 aromatic heterocycles. The van der Waals surface area contributed by atoms with Crippen LogP contribution in [0.3, 0.4) is 0 Å². The van der Waals surface area contributed by atoms with E-state index in [1.54, 1.807) is 11.3 Å². The highest BCUT2D eigenvalue weighted by Gasteiger charge is 2.19. The third kappa shape index (κ3) is 2.77. The third-order valence-electron chi connectivity index (χ3n) is 3.64. The van der Waals surface area contributed by atoms with Crippen LogP contribution in [0, 0.1) is 6.92 Å². The second kappa shape index (κ2) is 6.32. The van der Waals surface area contributed by atoms with Gasteiger partial charge in [-0.05, 0) is 31.0 Å². The molecule has 3 aromatic rings. The molecule has 0 aliphatic heterocycles. The topological polar surface area (TPSA) is 29.1 Å². The minimum Gasteiger partial charge on any atom is -0.352 e. The number of hydrogen-bond acceptors (Lipinski definition) is 2. The van der Waals surface area contributed by atoms with Crippen LogP contribution in [-0.4, -0.2) is 12.5 Å². The van der Waals surface area contributed by atoms with E-state index >= 15 is 0 Å². The van der Waals surface area contributed by atoms with Crippen molar-refractivity contribution in [3.8, 4) is 10.4 Å². The number of hydrogen-bond donors (Lipinski definition) is 1. The molecular formula is C19H19NOS. The molecule has 0 saturated carbocycles. The number of nitrogens with one attached hydrogen (secondary N) is 1. The van der Waals surface area contributed by atoms with E-state index in [9.17, 15) is 4.79 Å². The van der Waals surface area contributed by atoms with E-state index in [0.29, 0.717) is 6.54 Å². The summed E-state index contributed by atoms with van der Waals surface area (Å²) in [5.74, 6) is 0.0255. The van der Waals surface area contributed by atoms with Crippen LogP contribution in [0.15, 0.2) is 48.5 Å². The summed E-state index contributed by atoms with van der Waals surface area (Å²) in [6, 6.07) is 16.5. The Morgan fingerprint density at radius 1 is 1.14 bits per heavy atom. The molecule has 0 saturated heterocycles. The number of carbonyl (C=O) groups is 1. The second-order valence-corrected chi connectivity index (χ2v) is 6.48. The van der Waals surface area contributed by atoms with Crippen molar-refractivity contribution in [2.45, 2.75) is 20.3 Å². The largest absolute Gasteiger partial charge is 0.352 e. The molecular weight excluding hydrogens is 290 g/mol. The Balaban J connectivity index is 2.20. The van der Waals surface area contributed by atoms with Crippen LogP contribution in [0.1, 0.15) is 29.3 Å². The summed E-state index contributed by atoms with van der Waals surface area (Å²) in [5.41, 5.74) is 3.08. The van der Waals surface area contributed by atoms with Gasteiger partial charge in [0.1, 0.15) is 0 Å². The van der Waals surface area contributed by atoms with E-state index in [-0.39, 0.29) is 5.91 Å². The van der Waals surface area contributed by atoms with E-state index in [1.807, 2.05) is 18.2 Å². The Hall–Kier alpha value is -2.13. The van der Waals surface area contributed by atoms with E-state index < -0.39 is 0 Å². The standard InChI is InChI=1S/C19H19NOS/c1-3-11-20-19(21)17-15-12-13(2)9-10-16(15)22-18(17)14-7-5-4-6-8-14/h4-10,12H,3,11H2,1-2H3,(H,20,21). The average molecular weight is 309 g/mol. The molecule has 1 amide bonds. The average Bonchev–Trinajstić information content (AvgIpc) is 2.92. The number of fused-ring (bicyclic) bond motifs is 1. The van der Waals surface area contributed by atoms with E-state index in [1.165, 1.54) is 5.56 Å². The quantitative estimate of drug-likeness (QED) is 0.720. The highest BCUT2D eigenvalue weighted by Crippen LogP contribution is 2.38. The molecule has 0 aliphatic carbocycles. The van der Waals surface area contributed by atoms with Gasteiger partial charge in [-0.1, -0.05) is 48.9 Å². The first-order chi connectivity index (χ1) is 10.7. The smallest absolute Gasteiger partial charge is 0.253 e. The van der Waals surface area contributed by atoms with Gasteiger partial charge in [0.25, 0.3) is 5.91 Å². The molecule has 0 spiro atoms. The first-order valence-electron chi connectivity index (χ1n) is 7.57. The van der Waals surface area contributed by atoms with Crippen molar-refractivity contribution in [2.75, 3.05) is 6.54 Å². The summed E-state index contributed by atoms with van der Waals surface area (Å²) in [5, 5.41) is 4.08. The van der Waals surface area contributed by atoms with Crippen molar-refractivity contribution < 1.29 is 4.79 Å². The Kier molecular flexibility index (Phi) is 4.25. The predicted molar refractivity (Wildman–Crippen MR) is 94.6 cm³/mol. The third-order valence-corrected chi connectivity index (χ3v) is 4.86. The maximum Gasteiger partial charge on any atom is 0.253 e. The molecule has 3 rings (SSSR count). The zero-order valence-corrected chi connectivity index (χ0v) is 13.7. The number of aryl methyl sites for hydroxylation is 1.